The lowest BCUT2D eigenvalue weighted by Gasteiger charge is -2.30. The molecule has 0 bridgehead atoms. The number of sulfone groups is 1. The largest absolute Gasteiger partial charge is 0.367 e. The number of nitrogens with one attached hydrogen (secondary N) is 1. The number of ketones is 1. The van der Waals surface area contributed by atoms with Gasteiger partial charge in [-0.05, 0) is 48.1 Å². The zero-order chi connectivity index (χ0) is 23.0. The minimum absolute atomic E-state index is 0.0150. The number of fused-ring (bicyclic) bond motifs is 1. The van der Waals surface area contributed by atoms with E-state index in [9.17, 15) is 18.0 Å². The first-order valence-corrected chi connectivity index (χ1v) is 12.8. The number of Topliss-reactive ketones (excluding diaryl/α,β-unsaturated/α-hetero) is 1. The second kappa shape index (κ2) is 8.66. The van der Waals surface area contributed by atoms with Gasteiger partial charge in [-0.25, -0.2) is 8.42 Å². The summed E-state index contributed by atoms with van der Waals surface area (Å²) in [6.45, 7) is 10.1. The molecule has 6 nitrogen and oxygen atoms in total. The van der Waals surface area contributed by atoms with Gasteiger partial charge in [0.2, 0.25) is 5.91 Å². The molecule has 1 heterocycles. The van der Waals surface area contributed by atoms with Crippen LogP contribution in [0.25, 0.3) is 0 Å². The highest BCUT2D eigenvalue weighted by Crippen LogP contribution is 2.38. The number of carbonyl (C=O) groups excluding carboxylic acids is 2. The fraction of sp³-hybridized carbons (Fsp3) is 0.667. The first-order valence-electron chi connectivity index (χ1n) is 11.1. The number of hydrogen-bond donors (Lipinski definition) is 1. The number of benzene rings is 1. The highest BCUT2D eigenvalue weighted by atomic mass is 32.2. The maximum Gasteiger partial charge on any atom is 0.239 e. The Morgan fingerprint density at radius 2 is 1.87 bits per heavy atom. The van der Waals surface area contributed by atoms with E-state index in [0.717, 1.165) is 12.0 Å². The number of ether oxygens (including phenoxy) is 1. The highest BCUT2D eigenvalue weighted by Gasteiger charge is 2.55. The summed E-state index contributed by atoms with van der Waals surface area (Å²) in [4.78, 5) is 25.8. The molecular weight excluding hydrogens is 414 g/mol. The van der Waals surface area contributed by atoms with E-state index < -0.39 is 26.5 Å². The fourth-order valence-corrected chi connectivity index (χ4v) is 6.54. The molecule has 1 aliphatic heterocycles. The summed E-state index contributed by atoms with van der Waals surface area (Å²) in [5.41, 5.74) is 0.698. The van der Waals surface area contributed by atoms with Gasteiger partial charge in [-0.3, -0.25) is 9.59 Å². The maximum atomic E-state index is 13.3. The molecule has 0 aromatic heterocycles. The van der Waals surface area contributed by atoms with Gasteiger partial charge in [0, 0.05) is 0 Å². The van der Waals surface area contributed by atoms with Crippen molar-refractivity contribution < 1.29 is 22.7 Å². The summed E-state index contributed by atoms with van der Waals surface area (Å²) in [7, 11) is -3.77. The molecule has 31 heavy (non-hydrogen) atoms. The summed E-state index contributed by atoms with van der Waals surface area (Å²) >= 11 is 0. The van der Waals surface area contributed by atoms with Gasteiger partial charge in [-0.15, -0.1) is 0 Å². The Kier molecular flexibility index (Phi) is 6.68. The quantitative estimate of drug-likeness (QED) is 0.690. The molecule has 0 spiro atoms. The molecule has 1 amide bonds. The van der Waals surface area contributed by atoms with Gasteiger partial charge < -0.3 is 10.1 Å². The number of hydrogen-bond acceptors (Lipinski definition) is 5. The first kappa shape index (κ1) is 23.9. The van der Waals surface area contributed by atoms with Crippen molar-refractivity contribution in [1.29, 1.82) is 0 Å². The molecular formula is C24H35NO5S. The van der Waals surface area contributed by atoms with Crippen LogP contribution in [0.1, 0.15) is 71.4 Å². The Balaban J connectivity index is 1.82. The zero-order valence-electron chi connectivity index (χ0n) is 19.2. The summed E-state index contributed by atoms with van der Waals surface area (Å²) in [6, 6.07) is 7.53. The van der Waals surface area contributed by atoms with Gasteiger partial charge >= 0.3 is 0 Å². The van der Waals surface area contributed by atoms with E-state index in [-0.39, 0.29) is 42.0 Å². The van der Waals surface area contributed by atoms with E-state index in [1.54, 1.807) is 0 Å². The lowest BCUT2D eigenvalue weighted by molar-refractivity contribution is -0.129. The summed E-state index contributed by atoms with van der Waals surface area (Å²) in [6.07, 6.45) is 1.84. The second-order valence-corrected chi connectivity index (χ2v) is 12.6. The van der Waals surface area contributed by atoms with Crippen LogP contribution < -0.4 is 5.32 Å². The van der Waals surface area contributed by atoms with Gasteiger partial charge in [-0.1, -0.05) is 58.9 Å². The third-order valence-corrected chi connectivity index (χ3v) is 8.45. The van der Waals surface area contributed by atoms with Crippen LogP contribution in [0.4, 0.5) is 0 Å². The lowest BCUT2D eigenvalue weighted by atomic mass is 9.87. The predicted octanol–water partition coefficient (Wildman–Crippen LogP) is 3.32. The van der Waals surface area contributed by atoms with E-state index in [4.69, 9.17) is 4.74 Å². The van der Waals surface area contributed by atoms with Crippen LogP contribution in [0, 0.1) is 5.92 Å². The molecule has 2 fully saturated rings. The Hall–Kier alpha value is -1.73. The standard InChI is InChI=1S/C24H35NO5S/c1-16(2)13-19(22(27)25-24-12-6-7-21(24)30-14-20(24)26)31(28,29)15-17-8-10-18(11-9-17)23(3,4)5/h8-11,16,19,21H,6-7,12-15H2,1-5H3,(H,25,27)/t19-,21+,24-/m0/s1. The molecule has 1 N–H and O–H groups in total. The van der Waals surface area contributed by atoms with Crippen LogP contribution in [0.2, 0.25) is 0 Å². The molecule has 3 atom stereocenters. The van der Waals surface area contributed by atoms with Crippen molar-refractivity contribution in [2.75, 3.05) is 6.61 Å². The summed E-state index contributed by atoms with van der Waals surface area (Å²) < 4.78 is 32.2. The molecule has 1 aliphatic carbocycles. The SMILES string of the molecule is CC(C)C[C@@H](C(=O)N[C@]12CCC[C@H]1OCC2=O)S(=O)(=O)Cc1ccc(C(C)(C)C)cc1. The zero-order valence-corrected chi connectivity index (χ0v) is 20.1. The average Bonchev–Trinajstić information content (AvgIpc) is 3.18. The normalized spacial score (nSPS) is 25.0. The highest BCUT2D eigenvalue weighted by molar-refractivity contribution is 7.92. The van der Waals surface area contributed by atoms with E-state index >= 15 is 0 Å². The Labute approximate surface area is 186 Å². The maximum absolute atomic E-state index is 13.3. The van der Waals surface area contributed by atoms with Crippen molar-refractivity contribution in [3.8, 4) is 0 Å². The molecule has 172 valence electrons. The Morgan fingerprint density at radius 3 is 2.45 bits per heavy atom. The van der Waals surface area contributed by atoms with Gasteiger partial charge in [0.1, 0.15) is 17.4 Å². The molecule has 1 aromatic carbocycles. The molecule has 3 rings (SSSR count). The number of rotatable bonds is 7. The van der Waals surface area contributed by atoms with Crippen molar-refractivity contribution in [2.45, 2.75) is 88.4 Å². The van der Waals surface area contributed by atoms with Gasteiger partial charge in [0.05, 0.1) is 11.9 Å². The molecule has 7 heteroatoms. The molecule has 1 saturated heterocycles. The second-order valence-electron chi connectivity index (χ2n) is 10.4. The van der Waals surface area contributed by atoms with Crippen LogP contribution in [0.15, 0.2) is 24.3 Å². The molecule has 0 radical (unpaired) electrons. The van der Waals surface area contributed by atoms with Crippen molar-refractivity contribution in [3.63, 3.8) is 0 Å². The molecule has 0 unspecified atom stereocenters. The monoisotopic (exact) mass is 449 g/mol. The fourth-order valence-electron chi connectivity index (χ4n) is 4.62. The topological polar surface area (TPSA) is 89.5 Å². The van der Waals surface area contributed by atoms with Crippen molar-refractivity contribution in [2.24, 2.45) is 5.92 Å². The Bertz CT molecular complexity index is 930. The van der Waals surface area contributed by atoms with Crippen LogP contribution in [0.5, 0.6) is 0 Å². The third-order valence-electron chi connectivity index (χ3n) is 6.45. The van der Waals surface area contributed by atoms with Crippen LogP contribution >= 0.6 is 0 Å². The molecule has 2 aliphatic rings. The minimum atomic E-state index is -3.77. The molecule has 1 aromatic rings. The van der Waals surface area contributed by atoms with Crippen LogP contribution in [0.3, 0.4) is 0 Å². The van der Waals surface area contributed by atoms with Gasteiger partial charge in [0.15, 0.2) is 15.6 Å². The van der Waals surface area contributed by atoms with E-state index in [2.05, 4.69) is 26.1 Å². The third kappa shape index (κ3) is 5.03. The number of amides is 1. The average molecular weight is 450 g/mol. The minimum Gasteiger partial charge on any atom is -0.367 e. The summed E-state index contributed by atoms with van der Waals surface area (Å²) in [5.74, 6) is -0.919. The lowest BCUT2D eigenvalue weighted by Crippen LogP contribution is -2.59. The van der Waals surface area contributed by atoms with E-state index in [0.29, 0.717) is 18.4 Å². The van der Waals surface area contributed by atoms with Crippen molar-refractivity contribution in [3.05, 3.63) is 35.4 Å². The van der Waals surface area contributed by atoms with Gasteiger partial charge in [-0.2, -0.15) is 0 Å². The van der Waals surface area contributed by atoms with Crippen molar-refractivity contribution in [1.82, 2.24) is 5.32 Å². The van der Waals surface area contributed by atoms with E-state index in [1.165, 1.54) is 0 Å². The molecule has 1 saturated carbocycles. The van der Waals surface area contributed by atoms with E-state index in [1.807, 2.05) is 38.1 Å². The van der Waals surface area contributed by atoms with Crippen LogP contribution in [-0.2, 0) is 35.3 Å². The predicted molar refractivity (Wildman–Crippen MR) is 120 cm³/mol. The van der Waals surface area contributed by atoms with Crippen molar-refractivity contribution >= 4 is 21.5 Å². The Morgan fingerprint density at radius 1 is 1.23 bits per heavy atom. The number of carbonyl (C=O) groups is 2. The van der Waals surface area contributed by atoms with Crippen LogP contribution in [-0.4, -0.2) is 43.6 Å². The first-order chi connectivity index (χ1) is 14.3. The summed E-state index contributed by atoms with van der Waals surface area (Å²) in [5, 5.41) is 1.64. The van der Waals surface area contributed by atoms with Gasteiger partial charge in [0.25, 0.3) is 0 Å². The smallest absolute Gasteiger partial charge is 0.239 e.